The highest BCUT2D eigenvalue weighted by Gasteiger charge is 2.39. The minimum absolute atomic E-state index is 0.216. The Balaban J connectivity index is 1.20. The molecule has 35 heavy (non-hydrogen) atoms. The molecule has 10 heteroatoms. The van der Waals surface area contributed by atoms with Gasteiger partial charge in [-0.05, 0) is 42.0 Å². The highest BCUT2D eigenvalue weighted by atomic mass is 32.2. The number of thioether (sulfide) groups is 1. The number of hydrogen-bond acceptors (Lipinski definition) is 6. The van der Waals surface area contributed by atoms with Crippen molar-refractivity contribution < 1.29 is 24.5 Å². The van der Waals surface area contributed by atoms with E-state index in [2.05, 4.69) is 10.6 Å². The normalized spacial score (nSPS) is 16.4. The Morgan fingerprint density at radius 2 is 1.74 bits per heavy atom. The van der Waals surface area contributed by atoms with E-state index in [4.69, 9.17) is 4.74 Å². The van der Waals surface area contributed by atoms with Gasteiger partial charge in [-0.1, -0.05) is 42.1 Å². The van der Waals surface area contributed by atoms with Crippen molar-refractivity contribution in [3.63, 3.8) is 0 Å². The van der Waals surface area contributed by atoms with Crippen LogP contribution in [-0.2, 0) is 0 Å². The third-order valence-corrected chi connectivity index (χ3v) is 6.83. The summed E-state index contributed by atoms with van der Waals surface area (Å²) in [5, 5.41) is 24.5. The Kier molecular flexibility index (Phi) is 6.21. The third-order valence-electron chi connectivity index (χ3n) is 5.56. The van der Waals surface area contributed by atoms with Gasteiger partial charge in [0.05, 0.1) is 18.3 Å². The van der Waals surface area contributed by atoms with Gasteiger partial charge in [0.25, 0.3) is 0 Å². The molecular weight excluding hydrogens is 468 g/mol. The molecule has 2 unspecified atom stereocenters. The first-order valence-electron chi connectivity index (χ1n) is 10.8. The molecule has 3 aromatic rings. The lowest BCUT2D eigenvalue weighted by molar-refractivity contribution is 0.163. The van der Waals surface area contributed by atoms with Gasteiger partial charge in [0, 0.05) is 29.0 Å². The van der Waals surface area contributed by atoms with Gasteiger partial charge in [-0.15, -0.1) is 0 Å². The number of aliphatic hydroxyl groups is 1. The number of hydrogen-bond donors (Lipinski definition) is 4. The summed E-state index contributed by atoms with van der Waals surface area (Å²) in [4.78, 5) is 27.9. The van der Waals surface area contributed by atoms with Crippen LogP contribution in [0.25, 0.3) is 0 Å². The molecule has 2 aliphatic rings. The number of rotatable bonds is 6. The van der Waals surface area contributed by atoms with E-state index in [0.29, 0.717) is 17.2 Å². The average Bonchev–Trinajstić information content (AvgIpc) is 3.44. The Hall–Kier alpha value is -4.15. The van der Waals surface area contributed by atoms with Crippen molar-refractivity contribution in [1.82, 2.24) is 10.2 Å². The number of anilines is 2. The molecule has 178 valence electrons. The summed E-state index contributed by atoms with van der Waals surface area (Å²) in [6.45, 7) is -0.216. The van der Waals surface area contributed by atoms with Gasteiger partial charge >= 0.3 is 12.1 Å². The molecule has 3 amide bonds. The van der Waals surface area contributed by atoms with E-state index >= 15 is 0 Å². The fourth-order valence-electron chi connectivity index (χ4n) is 3.86. The first kappa shape index (κ1) is 22.6. The average molecular weight is 491 g/mol. The topological polar surface area (TPSA) is 114 Å². The molecule has 2 heterocycles. The molecule has 0 aromatic heterocycles. The molecule has 0 aliphatic carbocycles. The monoisotopic (exact) mass is 490 g/mol. The lowest BCUT2D eigenvalue weighted by Crippen LogP contribution is -2.35. The van der Waals surface area contributed by atoms with Crippen LogP contribution in [-0.4, -0.2) is 39.3 Å². The third kappa shape index (κ3) is 4.75. The van der Waals surface area contributed by atoms with E-state index in [1.165, 1.54) is 16.7 Å². The summed E-state index contributed by atoms with van der Waals surface area (Å²) in [5.74, 6) is 1.19. The molecule has 0 fully saturated rings. The van der Waals surface area contributed by atoms with Crippen molar-refractivity contribution in [2.45, 2.75) is 16.4 Å². The zero-order valence-electron chi connectivity index (χ0n) is 18.4. The lowest BCUT2D eigenvalue weighted by atomic mass is 10.1. The van der Waals surface area contributed by atoms with E-state index in [1.54, 1.807) is 36.7 Å². The largest absolute Gasteiger partial charge is 0.465 e. The number of carbonyl (C=O) groups is 2. The van der Waals surface area contributed by atoms with Crippen LogP contribution in [0.3, 0.4) is 0 Å². The van der Waals surface area contributed by atoms with Gasteiger partial charge < -0.3 is 30.5 Å². The molecule has 0 spiro atoms. The number of carbonyl (C=O) groups excluding carboxylic acids is 1. The number of nitrogens with zero attached hydrogens (tertiary/aromatic N) is 2. The van der Waals surface area contributed by atoms with Crippen LogP contribution in [0.15, 0.2) is 90.1 Å². The SMILES string of the molecule is O=C(Nc1ccc(Oc2ccc3c(c2)N2C=CN(C(=O)O)C2S3)cc1)NC(CO)c1ccccc1. The van der Waals surface area contributed by atoms with Gasteiger partial charge in [-0.2, -0.15) is 0 Å². The van der Waals surface area contributed by atoms with Gasteiger partial charge in [0.1, 0.15) is 11.5 Å². The Morgan fingerprint density at radius 1 is 1.00 bits per heavy atom. The van der Waals surface area contributed by atoms with Crippen molar-refractivity contribution in [2.75, 3.05) is 16.8 Å². The van der Waals surface area contributed by atoms with Crippen molar-refractivity contribution in [3.05, 3.63) is 90.8 Å². The molecule has 0 saturated heterocycles. The number of amides is 3. The minimum atomic E-state index is -1.00. The summed E-state index contributed by atoms with van der Waals surface area (Å²) in [6.07, 6.45) is 2.28. The van der Waals surface area contributed by atoms with E-state index < -0.39 is 18.2 Å². The Morgan fingerprint density at radius 3 is 2.46 bits per heavy atom. The van der Waals surface area contributed by atoms with E-state index in [-0.39, 0.29) is 12.1 Å². The number of aliphatic hydroxyl groups excluding tert-OH is 1. The standard InChI is InChI=1S/C25H22N4O5S/c30-15-20(16-4-2-1-3-5-16)27-23(31)26-17-6-8-18(9-7-17)34-19-10-11-22-21(14-19)28-12-13-29(25(32)33)24(28)35-22/h1-14,20,24,30H,15H2,(H,32,33)(H2,26,27,31). The molecule has 4 N–H and O–H groups in total. The van der Waals surface area contributed by atoms with Crippen LogP contribution < -0.4 is 20.3 Å². The number of carboxylic acid groups (broad SMARTS) is 1. The van der Waals surface area contributed by atoms with Crippen LogP contribution >= 0.6 is 11.8 Å². The van der Waals surface area contributed by atoms with Crippen LogP contribution in [0.2, 0.25) is 0 Å². The van der Waals surface area contributed by atoms with Crippen LogP contribution in [0, 0.1) is 0 Å². The Labute approximate surface area is 205 Å². The zero-order valence-corrected chi connectivity index (χ0v) is 19.2. The number of benzene rings is 3. The lowest BCUT2D eigenvalue weighted by Gasteiger charge is -2.21. The van der Waals surface area contributed by atoms with Crippen molar-refractivity contribution in [1.29, 1.82) is 0 Å². The molecule has 0 bridgehead atoms. The van der Waals surface area contributed by atoms with Gasteiger partial charge in [-0.25, -0.2) is 9.59 Å². The maximum absolute atomic E-state index is 12.4. The van der Waals surface area contributed by atoms with Crippen molar-refractivity contribution in [2.24, 2.45) is 0 Å². The van der Waals surface area contributed by atoms with Gasteiger partial charge in [0.15, 0.2) is 5.50 Å². The molecule has 9 nitrogen and oxygen atoms in total. The first-order valence-corrected chi connectivity index (χ1v) is 11.7. The number of urea groups is 1. The Bertz CT molecular complexity index is 1270. The van der Waals surface area contributed by atoms with Crippen LogP contribution in [0.4, 0.5) is 21.0 Å². The predicted octanol–water partition coefficient (Wildman–Crippen LogP) is 4.99. The second-order valence-corrected chi connectivity index (χ2v) is 8.94. The van der Waals surface area contributed by atoms with Crippen molar-refractivity contribution >= 4 is 35.3 Å². The molecule has 5 rings (SSSR count). The fourth-order valence-corrected chi connectivity index (χ4v) is 5.09. The summed E-state index contributed by atoms with van der Waals surface area (Å²) in [5.41, 5.74) is 1.92. The maximum Gasteiger partial charge on any atom is 0.413 e. The van der Waals surface area contributed by atoms with Gasteiger partial charge in [0.2, 0.25) is 0 Å². The predicted molar refractivity (Wildman–Crippen MR) is 133 cm³/mol. The van der Waals surface area contributed by atoms with Crippen molar-refractivity contribution in [3.8, 4) is 11.5 Å². The second kappa shape index (κ2) is 9.61. The minimum Gasteiger partial charge on any atom is -0.465 e. The maximum atomic E-state index is 12.4. The summed E-state index contributed by atoms with van der Waals surface area (Å²) in [6, 6.07) is 20.8. The first-order chi connectivity index (χ1) is 17.0. The number of ether oxygens (including phenoxy) is 1. The van der Waals surface area contributed by atoms with E-state index in [1.807, 2.05) is 53.4 Å². The van der Waals surface area contributed by atoms with Crippen LogP contribution in [0.5, 0.6) is 11.5 Å². The smallest absolute Gasteiger partial charge is 0.413 e. The second-order valence-electron chi connectivity index (χ2n) is 7.84. The highest BCUT2D eigenvalue weighted by Crippen LogP contribution is 2.48. The van der Waals surface area contributed by atoms with E-state index in [9.17, 15) is 19.8 Å². The molecular formula is C25H22N4O5S. The van der Waals surface area contributed by atoms with Gasteiger partial charge in [-0.3, -0.25) is 4.90 Å². The molecule has 0 saturated carbocycles. The highest BCUT2D eigenvalue weighted by molar-refractivity contribution is 8.00. The number of nitrogens with one attached hydrogen (secondary N) is 2. The molecule has 2 aliphatic heterocycles. The molecule has 3 aromatic carbocycles. The summed E-state index contributed by atoms with van der Waals surface area (Å²) >= 11 is 1.46. The fraction of sp³-hybridized carbons (Fsp3) is 0.120. The molecule has 0 radical (unpaired) electrons. The quantitative estimate of drug-likeness (QED) is 0.385. The molecule has 2 atom stereocenters. The van der Waals surface area contributed by atoms with E-state index in [0.717, 1.165) is 16.1 Å². The summed E-state index contributed by atoms with van der Waals surface area (Å²) in [7, 11) is 0. The number of fused-ring (bicyclic) bond motifs is 3. The summed E-state index contributed by atoms with van der Waals surface area (Å²) < 4.78 is 5.97. The zero-order chi connectivity index (χ0) is 24.4. The van der Waals surface area contributed by atoms with Crippen LogP contribution in [0.1, 0.15) is 11.6 Å².